The summed E-state index contributed by atoms with van der Waals surface area (Å²) in [7, 11) is 1.70. The highest BCUT2D eigenvalue weighted by molar-refractivity contribution is 5.25. The van der Waals surface area contributed by atoms with Crippen molar-refractivity contribution in [2.75, 3.05) is 25.6 Å². The molecule has 4 heteroatoms. The van der Waals surface area contributed by atoms with Gasteiger partial charge in [0.2, 0.25) is 5.95 Å². The van der Waals surface area contributed by atoms with E-state index in [1.54, 1.807) is 13.3 Å². The van der Waals surface area contributed by atoms with E-state index in [9.17, 15) is 0 Å². The van der Waals surface area contributed by atoms with Crippen LogP contribution >= 0.6 is 0 Å². The van der Waals surface area contributed by atoms with Crippen molar-refractivity contribution in [2.24, 2.45) is 0 Å². The molecule has 1 aromatic rings. The number of nitrogens with zero attached hydrogens (tertiary/aromatic N) is 2. The highest BCUT2D eigenvalue weighted by atomic mass is 16.5. The number of hydrogen-bond acceptors (Lipinski definition) is 3. The quantitative estimate of drug-likeness (QED) is 0.723. The first-order valence-electron chi connectivity index (χ1n) is 4.62. The maximum atomic E-state index is 5.00. The van der Waals surface area contributed by atoms with E-state index in [0.717, 1.165) is 32.1 Å². The van der Waals surface area contributed by atoms with Crippen molar-refractivity contribution in [3.8, 4) is 0 Å². The second kappa shape index (κ2) is 5.59. The number of aromatic nitrogens is 2. The van der Waals surface area contributed by atoms with Crippen molar-refractivity contribution in [3.63, 3.8) is 0 Å². The van der Waals surface area contributed by atoms with Gasteiger partial charge in [-0.3, -0.25) is 0 Å². The van der Waals surface area contributed by atoms with Crippen molar-refractivity contribution in [1.82, 2.24) is 9.55 Å². The van der Waals surface area contributed by atoms with Gasteiger partial charge in [0.25, 0.3) is 0 Å². The number of imidazole rings is 1. The average molecular weight is 183 g/mol. The Hall–Kier alpha value is -1.03. The van der Waals surface area contributed by atoms with Gasteiger partial charge < -0.3 is 14.6 Å². The van der Waals surface area contributed by atoms with E-state index in [1.165, 1.54) is 0 Å². The predicted molar refractivity (Wildman–Crippen MR) is 52.9 cm³/mol. The Kier molecular flexibility index (Phi) is 4.32. The average Bonchev–Trinajstić information content (AvgIpc) is 2.59. The summed E-state index contributed by atoms with van der Waals surface area (Å²) in [6.45, 7) is 4.67. The topological polar surface area (TPSA) is 39.1 Å². The zero-order valence-electron chi connectivity index (χ0n) is 8.29. The molecule has 0 fully saturated rings. The summed E-state index contributed by atoms with van der Waals surface area (Å²) in [5.74, 6) is 0.930. The molecule has 0 unspecified atom stereocenters. The third-order valence-electron chi connectivity index (χ3n) is 1.78. The highest BCUT2D eigenvalue weighted by Crippen LogP contribution is 2.03. The van der Waals surface area contributed by atoms with E-state index >= 15 is 0 Å². The molecule has 0 aliphatic rings. The minimum atomic E-state index is 0.719. The van der Waals surface area contributed by atoms with Gasteiger partial charge >= 0.3 is 0 Å². The molecule has 74 valence electrons. The van der Waals surface area contributed by atoms with Crippen molar-refractivity contribution in [1.29, 1.82) is 0 Å². The number of anilines is 1. The Morgan fingerprint density at radius 2 is 2.46 bits per heavy atom. The molecule has 0 radical (unpaired) electrons. The van der Waals surface area contributed by atoms with Crippen LogP contribution < -0.4 is 5.32 Å². The van der Waals surface area contributed by atoms with Crippen molar-refractivity contribution in [2.45, 2.75) is 19.9 Å². The molecule has 0 aromatic carbocycles. The van der Waals surface area contributed by atoms with Gasteiger partial charge in [-0.2, -0.15) is 0 Å². The third-order valence-corrected chi connectivity index (χ3v) is 1.78. The van der Waals surface area contributed by atoms with Crippen LogP contribution in [0.2, 0.25) is 0 Å². The number of ether oxygens (including phenoxy) is 1. The largest absolute Gasteiger partial charge is 0.383 e. The lowest BCUT2D eigenvalue weighted by Gasteiger charge is -2.07. The molecule has 0 spiro atoms. The lowest BCUT2D eigenvalue weighted by Crippen LogP contribution is -2.10. The first-order valence-corrected chi connectivity index (χ1v) is 4.62. The van der Waals surface area contributed by atoms with Gasteiger partial charge in [-0.25, -0.2) is 4.98 Å². The molecule has 13 heavy (non-hydrogen) atoms. The smallest absolute Gasteiger partial charge is 0.202 e. The van der Waals surface area contributed by atoms with E-state index in [2.05, 4.69) is 21.8 Å². The molecule has 1 N–H and O–H groups in total. The van der Waals surface area contributed by atoms with Gasteiger partial charge in [0.05, 0.1) is 6.61 Å². The van der Waals surface area contributed by atoms with E-state index in [0.29, 0.717) is 0 Å². The van der Waals surface area contributed by atoms with Gasteiger partial charge in [-0.15, -0.1) is 0 Å². The Bertz CT molecular complexity index is 212. The molecule has 0 aliphatic carbocycles. The molecule has 4 nitrogen and oxygen atoms in total. The highest BCUT2D eigenvalue weighted by Gasteiger charge is 1.99. The molecule has 1 aromatic heterocycles. The van der Waals surface area contributed by atoms with Crippen LogP contribution in [0.1, 0.15) is 13.3 Å². The maximum absolute atomic E-state index is 5.00. The molecule has 0 amide bonds. The van der Waals surface area contributed by atoms with Gasteiger partial charge in [-0.05, 0) is 6.42 Å². The first kappa shape index (κ1) is 10.1. The van der Waals surface area contributed by atoms with Crippen LogP contribution in [0.5, 0.6) is 0 Å². The van der Waals surface area contributed by atoms with Crippen molar-refractivity contribution < 1.29 is 4.74 Å². The molecule has 0 bridgehead atoms. The van der Waals surface area contributed by atoms with Gasteiger partial charge in [0.1, 0.15) is 0 Å². The molecular formula is C9H17N3O. The van der Waals surface area contributed by atoms with E-state index < -0.39 is 0 Å². The second-order valence-electron chi connectivity index (χ2n) is 2.86. The van der Waals surface area contributed by atoms with Crippen LogP contribution in [0.3, 0.4) is 0 Å². The summed E-state index contributed by atoms with van der Waals surface area (Å²) in [5, 5.41) is 3.25. The van der Waals surface area contributed by atoms with Gasteiger partial charge in [-0.1, -0.05) is 6.92 Å². The summed E-state index contributed by atoms with van der Waals surface area (Å²) >= 11 is 0. The SMILES string of the molecule is CCCNc1nccn1CCOC. The number of hydrogen-bond donors (Lipinski definition) is 1. The zero-order valence-corrected chi connectivity index (χ0v) is 8.29. The Labute approximate surface area is 78.9 Å². The fourth-order valence-corrected chi connectivity index (χ4v) is 1.08. The lowest BCUT2D eigenvalue weighted by atomic mass is 10.5. The summed E-state index contributed by atoms with van der Waals surface area (Å²) in [6.07, 6.45) is 4.86. The fourth-order valence-electron chi connectivity index (χ4n) is 1.08. The van der Waals surface area contributed by atoms with Crippen LogP contribution in [-0.4, -0.2) is 29.8 Å². The van der Waals surface area contributed by atoms with Gasteiger partial charge in [0, 0.05) is 32.6 Å². The van der Waals surface area contributed by atoms with E-state index in [4.69, 9.17) is 4.74 Å². The number of methoxy groups -OCH3 is 1. The zero-order chi connectivity index (χ0) is 9.52. The number of nitrogens with one attached hydrogen (secondary N) is 1. The maximum Gasteiger partial charge on any atom is 0.202 e. The van der Waals surface area contributed by atoms with Crippen LogP contribution in [0, 0.1) is 0 Å². The monoisotopic (exact) mass is 183 g/mol. The van der Waals surface area contributed by atoms with Gasteiger partial charge in [0.15, 0.2) is 0 Å². The fraction of sp³-hybridized carbons (Fsp3) is 0.667. The van der Waals surface area contributed by atoms with Crippen molar-refractivity contribution >= 4 is 5.95 Å². The van der Waals surface area contributed by atoms with Crippen LogP contribution in [0.15, 0.2) is 12.4 Å². The minimum absolute atomic E-state index is 0.719. The van der Waals surface area contributed by atoms with Crippen LogP contribution in [0.25, 0.3) is 0 Å². The molecule has 0 atom stereocenters. The third kappa shape index (κ3) is 3.06. The normalized spacial score (nSPS) is 10.3. The van der Waals surface area contributed by atoms with E-state index in [-0.39, 0.29) is 0 Å². The predicted octanol–water partition coefficient (Wildman–Crippen LogP) is 1.35. The molecule has 0 saturated carbocycles. The molecule has 1 rings (SSSR count). The summed E-state index contributed by atoms with van der Waals surface area (Å²) in [5.41, 5.74) is 0. The molecule has 0 saturated heterocycles. The minimum Gasteiger partial charge on any atom is -0.383 e. The van der Waals surface area contributed by atoms with E-state index in [1.807, 2.05) is 6.20 Å². The van der Waals surface area contributed by atoms with Crippen LogP contribution in [0.4, 0.5) is 5.95 Å². The lowest BCUT2D eigenvalue weighted by molar-refractivity contribution is 0.187. The summed E-state index contributed by atoms with van der Waals surface area (Å²) in [6, 6.07) is 0. The Balaban J connectivity index is 2.45. The Morgan fingerprint density at radius 1 is 1.62 bits per heavy atom. The number of rotatable bonds is 6. The Morgan fingerprint density at radius 3 is 3.15 bits per heavy atom. The molecule has 0 aliphatic heterocycles. The molecule has 1 heterocycles. The second-order valence-corrected chi connectivity index (χ2v) is 2.86. The summed E-state index contributed by atoms with van der Waals surface area (Å²) < 4.78 is 7.05. The molecular weight excluding hydrogens is 166 g/mol. The first-order chi connectivity index (χ1) is 6.38. The summed E-state index contributed by atoms with van der Waals surface area (Å²) in [4.78, 5) is 4.20. The van der Waals surface area contributed by atoms with Crippen LogP contribution in [-0.2, 0) is 11.3 Å². The van der Waals surface area contributed by atoms with Crippen molar-refractivity contribution in [3.05, 3.63) is 12.4 Å². The standard InChI is InChI=1S/C9H17N3O/c1-3-4-10-9-11-5-6-12(9)7-8-13-2/h5-6H,3-4,7-8H2,1-2H3,(H,10,11).